The van der Waals surface area contributed by atoms with E-state index in [1.807, 2.05) is 49.4 Å². The van der Waals surface area contributed by atoms with E-state index in [9.17, 15) is 9.59 Å². The lowest BCUT2D eigenvalue weighted by molar-refractivity contribution is -0.118. The second kappa shape index (κ2) is 13.2. The zero-order valence-corrected chi connectivity index (χ0v) is 19.7. The third-order valence-electron chi connectivity index (χ3n) is 5.67. The van der Waals surface area contributed by atoms with Gasteiger partial charge in [-0.25, -0.2) is 0 Å². The lowest BCUT2D eigenvalue weighted by Crippen LogP contribution is -2.31. The van der Waals surface area contributed by atoms with Crippen molar-refractivity contribution in [3.8, 4) is 5.75 Å². The van der Waals surface area contributed by atoms with Gasteiger partial charge in [-0.05, 0) is 61.9 Å². The quantitative estimate of drug-likeness (QED) is 0.371. The Bertz CT molecular complexity index is 881. The maximum absolute atomic E-state index is 12.7. The number of benzene rings is 2. The predicted molar refractivity (Wildman–Crippen MR) is 130 cm³/mol. The molecule has 32 heavy (non-hydrogen) atoms. The normalized spacial score (nSPS) is 14.0. The van der Waals surface area contributed by atoms with E-state index >= 15 is 0 Å². The van der Waals surface area contributed by atoms with Crippen LogP contribution in [-0.2, 0) is 4.79 Å². The number of nitrogens with one attached hydrogen (secondary N) is 2. The van der Waals surface area contributed by atoms with Crippen LogP contribution in [0.3, 0.4) is 0 Å². The third-order valence-corrected chi connectivity index (χ3v) is 6.74. The van der Waals surface area contributed by atoms with Crippen LogP contribution in [0.25, 0.3) is 0 Å². The van der Waals surface area contributed by atoms with Gasteiger partial charge in [-0.1, -0.05) is 43.5 Å². The summed E-state index contributed by atoms with van der Waals surface area (Å²) in [5.41, 5.74) is 1.77. The van der Waals surface area contributed by atoms with Crippen LogP contribution in [0, 0.1) is 12.8 Å². The number of carbonyl (C=O) groups is 2. The number of aryl methyl sites for hydroxylation is 1. The Labute approximate surface area is 195 Å². The minimum atomic E-state index is -0.119. The van der Waals surface area contributed by atoms with Crippen molar-refractivity contribution in [3.05, 3.63) is 59.7 Å². The summed E-state index contributed by atoms with van der Waals surface area (Å²) in [5.74, 6) is 1.70. The van der Waals surface area contributed by atoms with Gasteiger partial charge < -0.3 is 15.4 Å². The Morgan fingerprint density at radius 3 is 2.66 bits per heavy atom. The van der Waals surface area contributed by atoms with E-state index in [1.54, 1.807) is 6.07 Å². The molecule has 2 amide bonds. The minimum Gasteiger partial charge on any atom is -0.494 e. The van der Waals surface area contributed by atoms with Crippen LogP contribution in [0.2, 0.25) is 0 Å². The molecule has 0 aliphatic heterocycles. The highest BCUT2D eigenvalue weighted by Gasteiger charge is 2.15. The molecule has 6 heteroatoms. The molecule has 0 bridgehead atoms. The van der Waals surface area contributed by atoms with E-state index in [0.29, 0.717) is 30.4 Å². The first-order chi connectivity index (χ1) is 15.6. The zero-order valence-electron chi connectivity index (χ0n) is 18.9. The predicted octanol–water partition coefficient (Wildman–Crippen LogP) is 4.98. The van der Waals surface area contributed by atoms with Crippen LogP contribution >= 0.6 is 11.8 Å². The monoisotopic (exact) mass is 454 g/mol. The first kappa shape index (κ1) is 24.2. The molecule has 1 aliphatic carbocycles. The number of amides is 2. The summed E-state index contributed by atoms with van der Waals surface area (Å²) in [5, 5.41) is 6.02. The number of ether oxygens (including phenoxy) is 1. The number of hydrogen-bond acceptors (Lipinski definition) is 4. The van der Waals surface area contributed by atoms with Crippen molar-refractivity contribution in [2.24, 2.45) is 5.92 Å². The molecule has 1 saturated carbocycles. The van der Waals surface area contributed by atoms with Gasteiger partial charge >= 0.3 is 0 Å². The molecule has 1 aliphatic rings. The zero-order chi connectivity index (χ0) is 22.6. The van der Waals surface area contributed by atoms with E-state index < -0.39 is 0 Å². The molecule has 0 saturated heterocycles. The molecule has 0 heterocycles. The smallest absolute Gasteiger partial charge is 0.252 e. The molecule has 2 aromatic rings. The highest BCUT2D eigenvalue weighted by Crippen LogP contribution is 2.24. The summed E-state index contributed by atoms with van der Waals surface area (Å²) < 4.78 is 5.73. The molecule has 0 unspecified atom stereocenters. The van der Waals surface area contributed by atoms with Gasteiger partial charge in [0.15, 0.2) is 0 Å². The van der Waals surface area contributed by atoms with Crippen LogP contribution < -0.4 is 15.4 Å². The molecule has 3 rings (SSSR count). The molecule has 2 N–H and O–H groups in total. The van der Waals surface area contributed by atoms with Gasteiger partial charge in [-0.15, -0.1) is 11.8 Å². The van der Waals surface area contributed by atoms with Gasteiger partial charge in [0.2, 0.25) is 5.91 Å². The summed E-state index contributed by atoms with van der Waals surface area (Å²) in [6, 6.07) is 15.4. The van der Waals surface area contributed by atoms with E-state index in [-0.39, 0.29) is 11.8 Å². The van der Waals surface area contributed by atoms with Gasteiger partial charge in [0, 0.05) is 18.0 Å². The molecule has 1 fully saturated rings. The Morgan fingerprint density at radius 2 is 1.84 bits per heavy atom. The average molecular weight is 455 g/mol. The van der Waals surface area contributed by atoms with E-state index in [2.05, 4.69) is 10.6 Å². The lowest BCUT2D eigenvalue weighted by atomic mass is 9.89. The molecule has 5 nitrogen and oxygen atoms in total. The first-order valence-corrected chi connectivity index (χ1v) is 12.6. The van der Waals surface area contributed by atoms with Crippen molar-refractivity contribution in [2.75, 3.05) is 25.4 Å². The SMILES string of the molecule is Cc1cccc(OCCCNC(=O)c2ccccc2SCC(=O)NCC2CCCCC2)c1. The first-order valence-electron chi connectivity index (χ1n) is 11.6. The van der Waals surface area contributed by atoms with Crippen LogP contribution in [0.15, 0.2) is 53.4 Å². The maximum atomic E-state index is 12.7. The number of carbonyl (C=O) groups excluding carboxylic acids is 2. The van der Waals surface area contributed by atoms with Crippen molar-refractivity contribution >= 4 is 23.6 Å². The molecule has 2 aromatic carbocycles. The summed E-state index contributed by atoms with van der Waals surface area (Å²) in [6.07, 6.45) is 7.02. The fourth-order valence-corrected chi connectivity index (χ4v) is 4.77. The van der Waals surface area contributed by atoms with Crippen molar-refractivity contribution in [1.29, 1.82) is 0 Å². The third kappa shape index (κ3) is 8.23. The van der Waals surface area contributed by atoms with Gasteiger partial charge in [-0.3, -0.25) is 9.59 Å². The largest absolute Gasteiger partial charge is 0.494 e. The van der Waals surface area contributed by atoms with Gasteiger partial charge in [0.25, 0.3) is 5.91 Å². The Morgan fingerprint density at radius 1 is 1.03 bits per heavy atom. The van der Waals surface area contributed by atoms with Crippen LogP contribution in [0.4, 0.5) is 0 Å². The fraction of sp³-hybridized carbons (Fsp3) is 0.462. The standard InChI is InChI=1S/C26H34N2O3S/c1-20-9-7-12-22(17-20)31-16-8-15-27-26(30)23-13-5-6-14-24(23)32-19-25(29)28-18-21-10-3-2-4-11-21/h5-7,9,12-14,17,21H,2-4,8,10-11,15-16,18-19H2,1H3,(H,27,30)(H,28,29). The summed E-state index contributed by atoms with van der Waals surface area (Å²) in [6.45, 7) is 3.88. The molecular weight excluding hydrogens is 420 g/mol. The second-order valence-corrected chi connectivity index (χ2v) is 9.38. The van der Waals surface area contributed by atoms with Gasteiger partial charge in [0.1, 0.15) is 5.75 Å². The summed E-state index contributed by atoms with van der Waals surface area (Å²) in [4.78, 5) is 25.8. The summed E-state index contributed by atoms with van der Waals surface area (Å²) in [7, 11) is 0. The molecule has 0 atom stereocenters. The number of rotatable bonds is 11. The molecule has 0 spiro atoms. The van der Waals surface area contributed by atoms with Crippen molar-refractivity contribution < 1.29 is 14.3 Å². The Balaban J connectivity index is 1.38. The van der Waals surface area contributed by atoms with E-state index in [0.717, 1.165) is 29.2 Å². The maximum Gasteiger partial charge on any atom is 0.252 e. The lowest BCUT2D eigenvalue weighted by Gasteiger charge is -2.21. The molecule has 172 valence electrons. The fourth-order valence-electron chi connectivity index (χ4n) is 3.89. The van der Waals surface area contributed by atoms with Crippen molar-refractivity contribution in [1.82, 2.24) is 10.6 Å². The topological polar surface area (TPSA) is 67.4 Å². The average Bonchev–Trinajstić information content (AvgIpc) is 2.82. The van der Waals surface area contributed by atoms with Crippen LogP contribution in [-0.4, -0.2) is 37.3 Å². The van der Waals surface area contributed by atoms with Crippen molar-refractivity contribution in [3.63, 3.8) is 0 Å². The number of thioether (sulfide) groups is 1. The number of hydrogen-bond donors (Lipinski definition) is 2. The van der Waals surface area contributed by atoms with Crippen molar-refractivity contribution in [2.45, 2.75) is 50.3 Å². The Kier molecular flexibility index (Phi) is 9.95. The highest BCUT2D eigenvalue weighted by atomic mass is 32.2. The van der Waals surface area contributed by atoms with E-state index in [1.165, 1.54) is 43.9 Å². The van der Waals surface area contributed by atoms with Crippen LogP contribution in [0.1, 0.15) is 54.4 Å². The molecule has 0 aromatic heterocycles. The van der Waals surface area contributed by atoms with Gasteiger partial charge in [0.05, 0.1) is 17.9 Å². The van der Waals surface area contributed by atoms with Gasteiger partial charge in [-0.2, -0.15) is 0 Å². The summed E-state index contributed by atoms with van der Waals surface area (Å²) >= 11 is 1.41. The second-order valence-electron chi connectivity index (χ2n) is 8.37. The van der Waals surface area contributed by atoms with Crippen LogP contribution in [0.5, 0.6) is 5.75 Å². The van der Waals surface area contributed by atoms with E-state index in [4.69, 9.17) is 4.74 Å². The molecule has 0 radical (unpaired) electrons. The minimum absolute atomic E-state index is 0.0316. The molecular formula is C26H34N2O3S. The Hall–Kier alpha value is -2.47. The highest BCUT2D eigenvalue weighted by molar-refractivity contribution is 8.00.